The molecule has 0 radical (unpaired) electrons. The van der Waals surface area contributed by atoms with Crippen molar-refractivity contribution < 1.29 is 0 Å². The second-order valence-electron chi connectivity index (χ2n) is 4.34. The molecule has 1 aromatic heterocycles. The van der Waals surface area contributed by atoms with E-state index in [0.717, 1.165) is 19.4 Å². The van der Waals surface area contributed by atoms with Gasteiger partial charge in [0, 0.05) is 6.04 Å². The Balaban J connectivity index is 1.92. The highest BCUT2D eigenvalue weighted by molar-refractivity contribution is 5.27. The standard InChI is InChI=1S/C13H15N3/c14-12-7-6-11-8-15-16(13(11)12)9-10-4-2-1-3-5-10/h1-5,8,12H,6-7,9,14H2. The Morgan fingerprint density at radius 3 is 2.94 bits per heavy atom. The van der Waals surface area contributed by atoms with Gasteiger partial charge in [-0.25, -0.2) is 0 Å². The highest BCUT2D eigenvalue weighted by atomic mass is 15.3. The van der Waals surface area contributed by atoms with E-state index in [1.807, 2.05) is 16.9 Å². The van der Waals surface area contributed by atoms with Gasteiger partial charge in [-0.05, 0) is 24.0 Å². The first kappa shape index (κ1) is 9.60. The molecule has 3 nitrogen and oxygen atoms in total. The van der Waals surface area contributed by atoms with Gasteiger partial charge in [-0.2, -0.15) is 5.10 Å². The summed E-state index contributed by atoms with van der Waals surface area (Å²) in [6.07, 6.45) is 4.10. The number of aromatic nitrogens is 2. The summed E-state index contributed by atoms with van der Waals surface area (Å²) in [5.74, 6) is 0. The van der Waals surface area contributed by atoms with Gasteiger partial charge < -0.3 is 5.73 Å². The second-order valence-corrected chi connectivity index (χ2v) is 4.34. The molecule has 1 heterocycles. The van der Waals surface area contributed by atoms with Gasteiger partial charge in [0.1, 0.15) is 0 Å². The van der Waals surface area contributed by atoms with Gasteiger partial charge in [0.25, 0.3) is 0 Å². The molecule has 0 amide bonds. The molecule has 82 valence electrons. The molecular weight excluding hydrogens is 198 g/mol. The topological polar surface area (TPSA) is 43.8 Å². The van der Waals surface area contributed by atoms with Crippen LogP contribution in [0, 0.1) is 0 Å². The van der Waals surface area contributed by atoms with E-state index >= 15 is 0 Å². The number of rotatable bonds is 2. The first-order valence-corrected chi connectivity index (χ1v) is 5.68. The molecule has 1 aliphatic carbocycles. The van der Waals surface area contributed by atoms with Crippen LogP contribution in [0.5, 0.6) is 0 Å². The van der Waals surface area contributed by atoms with E-state index in [0.29, 0.717) is 0 Å². The SMILES string of the molecule is NC1CCc2cnn(Cc3ccccc3)c21. The molecule has 2 aromatic rings. The maximum Gasteiger partial charge on any atom is 0.0663 e. The molecule has 0 bridgehead atoms. The van der Waals surface area contributed by atoms with Crippen molar-refractivity contribution in [3.63, 3.8) is 0 Å². The Hall–Kier alpha value is -1.61. The van der Waals surface area contributed by atoms with E-state index < -0.39 is 0 Å². The van der Waals surface area contributed by atoms with Crippen molar-refractivity contribution >= 4 is 0 Å². The quantitative estimate of drug-likeness (QED) is 0.827. The van der Waals surface area contributed by atoms with E-state index in [1.54, 1.807) is 0 Å². The molecular formula is C13H15N3. The van der Waals surface area contributed by atoms with Crippen LogP contribution in [0.25, 0.3) is 0 Å². The Morgan fingerprint density at radius 1 is 1.31 bits per heavy atom. The third-order valence-electron chi connectivity index (χ3n) is 3.21. The van der Waals surface area contributed by atoms with Crippen molar-refractivity contribution in [3.05, 3.63) is 53.3 Å². The van der Waals surface area contributed by atoms with Gasteiger partial charge in [0.15, 0.2) is 0 Å². The summed E-state index contributed by atoms with van der Waals surface area (Å²) in [5, 5.41) is 4.42. The number of hydrogen-bond donors (Lipinski definition) is 1. The Labute approximate surface area is 94.9 Å². The van der Waals surface area contributed by atoms with Crippen molar-refractivity contribution in [2.75, 3.05) is 0 Å². The first-order valence-electron chi connectivity index (χ1n) is 5.68. The molecule has 16 heavy (non-hydrogen) atoms. The minimum atomic E-state index is 0.168. The van der Waals surface area contributed by atoms with Crippen LogP contribution in [0.3, 0.4) is 0 Å². The van der Waals surface area contributed by atoms with E-state index in [1.165, 1.54) is 16.8 Å². The van der Waals surface area contributed by atoms with Crippen LogP contribution in [0.15, 0.2) is 36.5 Å². The summed E-state index contributed by atoms with van der Waals surface area (Å²) >= 11 is 0. The first-order chi connectivity index (χ1) is 7.84. The molecule has 0 fully saturated rings. The Bertz CT molecular complexity index is 487. The zero-order valence-corrected chi connectivity index (χ0v) is 9.13. The van der Waals surface area contributed by atoms with Gasteiger partial charge in [0.05, 0.1) is 18.4 Å². The summed E-state index contributed by atoms with van der Waals surface area (Å²) in [4.78, 5) is 0. The van der Waals surface area contributed by atoms with Crippen LogP contribution < -0.4 is 5.73 Å². The lowest BCUT2D eigenvalue weighted by Crippen LogP contribution is -2.14. The molecule has 1 aliphatic rings. The van der Waals surface area contributed by atoms with Crippen LogP contribution in [-0.4, -0.2) is 9.78 Å². The van der Waals surface area contributed by atoms with E-state index in [2.05, 4.69) is 29.4 Å². The van der Waals surface area contributed by atoms with Crippen LogP contribution >= 0.6 is 0 Å². The summed E-state index contributed by atoms with van der Waals surface area (Å²) in [6, 6.07) is 10.5. The van der Waals surface area contributed by atoms with Crippen molar-refractivity contribution in [1.29, 1.82) is 0 Å². The molecule has 0 spiro atoms. The lowest BCUT2D eigenvalue weighted by atomic mass is 10.2. The third-order valence-corrected chi connectivity index (χ3v) is 3.21. The number of nitrogens with two attached hydrogens (primary N) is 1. The monoisotopic (exact) mass is 213 g/mol. The predicted molar refractivity (Wildman–Crippen MR) is 63.0 cm³/mol. The fraction of sp³-hybridized carbons (Fsp3) is 0.308. The Kier molecular flexibility index (Phi) is 2.26. The second kappa shape index (κ2) is 3.76. The van der Waals surface area contributed by atoms with Crippen LogP contribution in [0.2, 0.25) is 0 Å². The molecule has 0 aliphatic heterocycles. The van der Waals surface area contributed by atoms with Crippen LogP contribution in [0.4, 0.5) is 0 Å². The fourth-order valence-electron chi connectivity index (χ4n) is 2.39. The molecule has 3 rings (SSSR count). The molecule has 2 N–H and O–H groups in total. The molecule has 3 heteroatoms. The number of fused-ring (bicyclic) bond motifs is 1. The van der Waals surface area contributed by atoms with Crippen molar-refractivity contribution in [1.82, 2.24) is 9.78 Å². The maximum atomic E-state index is 6.08. The maximum absolute atomic E-state index is 6.08. The number of hydrogen-bond acceptors (Lipinski definition) is 2. The molecule has 1 aromatic carbocycles. The van der Waals surface area contributed by atoms with Gasteiger partial charge in [-0.3, -0.25) is 4.68 Å². The summed E-state index contributed by atoms with van der Waals surface area (Å²) < 4.78 is 2.04. The van der Waals surface area contributed by atoms with Crippen LogP contribution in [0.1, 0.15) is 29.3 Å². The van der Waals surface area contributed by atoms with E-state index in [-0.39, 0.29) is 6.04 Å². The van der Waals surface area contributed by atoms with E-state index in [9.17, 15) is 0 Å². The van der Waals surface area contributed by atoms with Gasteiger partial charge in [0.2, 0.25) is 0 Å². The minimum Gasteiger partial charge on any atom is -0.323 e. The zero-order valence-electron chi connectivity index (χ0n) is 9.13. The third kappa shape index (κ3) is 1.53. The molecule has 0 saturated carbocycles. The Morgan fingerprint density at radius 2 is 2.12 bits per heavy atom. The normalized spacial score (nSPS) is 18.7. The van der Waals surface area contributed by atoms with E-state index in [4.69, 9.17) is 5.73 Å². The number of nitrogens with zero attached hydrogens (tertiary/aromatic N) is 2. The van der Waals surface area contributed by atoms with Gasteiger partial charge in [-0.1, -0.05) is 30.3 Å². The molecule has 0 saturated heterocycles. The largest absolute Gasteiger partial charge is 0.323 e. The van der Waals surface area contributed by atoms with Crippen molar-refractivity contribution in [2.45, 2.75) is 25.4 Å². The average molecular weight is 213 g/mol. The van der Waals surface area contributed by atoms with Crippen molar-refractivity contribution in [3.8, 4) is 0 Å². The molecule has 1 atom stereocenters. The highest BCUT2D eigenvalue weighted by Crippen LogP contribution is 2.29. The fourth-order valence-corrected chi connectivity index (χ4v) is 2.39. The van der Waals surface area contributed by atoms with Gasteiger partial charge >= 0.3 is 0 Å². The van der Waals surface area contributed by atoms with Crippen LogP contribution in [-0.2, 0) is 13.0 Å². The summed E-state index contributed by atoms with van der Waals surface area (Å²) in [7, 11) is 0. The summed E-state index contributed by atoms with van der Waals surface area (Å²) in [5.41, 5.74) is 9.90. The smallest absolute Gasteiger partial charge is 0.0663 e. The molecule has 1 unspecified atom stereocenters. The number of aryl methyl sites for hydroxylation is 1. The summed E-state index contributed by atoms with van der Waals surface area (Å²) in [6.45, 7) is 0.823. The lowest BCUT2D eigenvalue weighted by molar-refractivity contribution is 0.587. The van der Waals surface area contributed by atoms with Gasteiger partial charge in [-0.15, -0.1) is 0 Å². The number of benzene rings is 1. The minimum absolute atomic E-state index is 0.168. The lowest BCUT2D eigenvalue weighted by Gasteiger charge is -2.09. The average Bonchev–Trinajstić information content (AvgIpc) is 2.86. The highest BCUT2D eigenvalue weighted by Gasteiger charge is 2.23. The predicted octanol–water partition coefficient (Wildman–Crippen LogP) is 1.88. The van der Waals surface area contributed by atoms with Crippen molar-refractivity contribution in [2.24, 2.45) is 5.73 Å². The zero-order chi connectivity index (χ0) is 11.0.